The number of hydrogen-bond donors (Lipinski definition) is 2. The molecule has 0 saturated carbocycles. The van der Waals surface area contributed by atoms with Crippen LogP contribution in [0.1, 0.15) is 59.3 Å². The summed E-state index contributed by atoms with van der Waals surface area (Å²) in [6.45, 7) is 0. The molecule has 7 nitrogen and oxygen atoms in total. The lowest BCUT2D eigenvalue weighted by atomic mass is 9.78. The van der Waals surface area contributed by atoms with Crippen LogP contribution in [-0.4, -0.2) is 42.3 Å². The Kier molecular flexibility index (Phi) is 5.42. The van der Waals surface area contributed by atoms with E-state index in [2.05, 4.69) is 5.32 Å². The summed E-state index contributed by atoms with van der Waals surface area (Å²) in [4.78, 5) is 38.3. The Morgan fingerprint density at radius 3 is 2.43 bits per heavy atom. The van der Waals surface area contributed by atoms with E-state index in [1.807, 2.05) is 0 Å². The van der Waals surface area contributed by atoms with E-state index in [9.17, 15) is 19.5 Å². The maximum absolute atomic E-state index is 13.0. The second-order valence-corrected chi connectivity index (χ2v) is 8.89. The van der Waals surface area contributed by atoms with Crippen LogP contribution < -0.4 is 5.32 Å². The van der Waals surface area contributed by atoms with Crippen molar-refractivity contribution in [2.45, 2.75) is 63.6 Å². The lowest BCUT2D eigenvalue weighted by molar-refractivity contribution is -0.147. The SMILES string of the molecule is COC(=O)c1c(NC(=O)[C@@H]2[C@@H](C(=O)O)[C@H]3CC[C@@H]2O3)sc2c1CCCCCC2. The molecule has 1 aliphatic carbocycles. The van der Waals surface area contributed by atoms with Crippen molar-refractivity contribution in [2.75, 3.05) is 12.4 Å². The van der Waals surface area contributed by atoms with Gasteiger partial charge in [-0.25, -0.2) is 4.79 Å². The first-order chi connectivity index (χ1) is 13.5. The normalized spacial score (nSPS) is 28.9. The molecule has 2 fully saturated rings. The molecular formula is C20H25NO6S. The molecule has 8 heteroatoms. The Hall–Kier alpha value is -1.93. The zero-order valence-electron chi connectivity index (χ0n) is 15.9. The third-order valence-electron chi connectivity index (χ3n) is 6.16. The maximum atomic E-state index is 13.0. The largest absolute Gasteiger partial charge is 0.481 e. The molecule has 1 aromatic heterocycles. The number of carboxylic acids is 1. The molecule has 28 heavy (non-hydrogen) atoms. The number of amides is 1. The third kappa shape index (κ3) is 3.33. The fourth-order valence-electron chi connectivity index (χ4n) is 4.85. The van der Waals surface area contributed by atoms with Crippen LogP contribution in [0.4, 0.5) is 5.00 Å². The van der Waals surface area contributed by atoms with Gasteiger partial charge in [0.15, 0.2) is 0 Å². The van der Waals surface area contributed by atoms with Crippen LogP contribution in [0.5, 0.6) is 0 Å². The van der Waals surface area contributed by atoms with E-state index in [-0.39, 0.29) is 12.0 Å². The highest BCUT2D eigenvalue weighted by atomic mass is 32.1. The number of anilines is 1. The van der Waals surface area contributed by atoms with Gasteiger partial charge < -0.3 is 19.9 Å². The zero-order valence-corrected chi connectivity index (χ0v) is 16.7. The van der Waals surface area contributed by atoms with Gasteiger partial charge in [-0.1, -0.05) is 12.8 Å². The number of rotatable bonds is 4. The lowest BCUT2D eigenvalue weighted by Gasteiger charge is -2.23. The van der Waals surface area contributed by atoms with Crippen LogP contribution >= 0.6 is 11.3 Å². The first kappa shape index (κ1) is 19.4. The molecule has 4 rings (SSSR count). The number of carbonyl (C=O) groups excluding carboxylic acids is 2. The van der Waals surface area contributed by atoms with Gasteiger partial charge in [0, 0.05) is 4.88 Å². The Balaban J connectivity index is 1.63. The summed E-state index contributed by atoms with van der Waals surface area (Å²) in [5.41, 5.74) is 1.42. The molecule has 1 aromatic rings. The Morgan fingerprint density at radius 2 is 1.75 bits per heavy atom. The molecule has 0 spiro atoms. The van der Waals surface area contributed by atoms with Gasteiger partial charge in [0.2, 0.25) is 5.91 Å². The monoisotopic (exact) mass is 407 g/mol. The molecule has 3 heterocycles. The van der Waals surface area contributed by atoms with E-state index in [1.165, 1.54) is 18.4 Å². The van der Waals surface area contributed by atoms with Gasteiger partial charge in [0.05, 0.1) is 36.7 Å². The number of nitrogens with one attached hydrogen (secondary N) is 1. The number of thiophene rings is 1. The van der Waals surface area contributed by atoms with Gasteiger partial charge in [-0.2, -0.15) is 0 Å². The van der Waals surface area contributed by atoms with Crippen molar-refractivity contribution >= 4 is 34.2 Å². The van der Waals surface area contributed by atoms with Crippen molar-refractivity contribution in [3.63, 3.8) is 0 Å². The van der Waals surface area contributed by atoms with Gasteiger partial charge >= 0.3 is 11.9 Å². The number of aryl methyl sites for hydroxylation is 1. The van der Waals surface area contributed by atoms with Crippen molar-refractivity contribution in [1.29, 1.82) is 0 Å². The van der Waals surface area contributed by atoms with Crippen LogP contribution in [0.15, 0.2) is 0 Å². The van der Waals surface area contributed by atoms with Crippen LogP contribution in [-0.2, 0) is 31.9 Å². The first-order valence-electron chi connectivity index (χ1n) is 9.93. The molecule has 2 bridgehead atoms. The minimum Gasteiger partial charge on any atom is -0.481 e. The molecule has 0 aromatic carbocycles. The second-order valence-electron chi connectivity index (χ2n) is 7.78. The Morgan fingerprint density at radius 1 is 1.07 bits per heavy atom. The number of carboxylic acid groups (broad SMARTS) is 1. The second kappa shape index (κ2) is 7.83. The summed E-state index contributed by atoms with van der Waals surface area (Å²) in [6, 6.07) is 0. The fraction of sp³-hybridized carbons (Fsp3) is 0.650. The van der Waals surface area contributed by atoms with Crippen molar-refractivity contribution in [1.82, 2.24) is 0 Å². The van der Waals surface area contributed by atoms with Gasteiger partial charge in [-0.15, -0.1) is 11.3 Å². The smallest absolute Gasteiger partial charge is 0.341 e. The van der Waals surface area contributed by atoms with Crippen molar-refractivity contribution < 1.29 is 29.0 Å². The summed E-state index contributed by atoms with van der Waals surface area (Å²) in [7, 11) is 1.34. The summed E-state index contributed by atoms with van der Waals surface area (Å²) >= 11 is 1.42. The predicted octanol–water partition coefficient (Wildman–Crippen LogP) is 3.01. The van der Waals surface area contributed by atoms with E-state index >= 15 is 0 Å². The minimum atomic E-state index is -1.00. The van der Waals surface area contributed by atoms with Crippen molar-refractivity contribution in [2.24, 2.45) is 11.8 Å². The highest BCUT2D eigenvalue weighted by Gasteiger charge is 2.55. The highest BCUT2D eigenvalue weighted by Crippen LogP contribution is 2.45. The molecule has 1 amide bonds. The van der Waals surface area contributed by atoms with Gasteiger partial charge in [0.25, 0.3) is 0 Å². The molecule has 2 N–H and O–H groups in total. The predicted molar refractivity (Wildman–Crippen MR) is 103 cm³/mol. The molecule has 0 radical (unpaired) electrons. The van der Waals surface area contributed by atoms with Gasteiger partial charge in [-0.05, 0) is 44.1 Å². The summed E-state index contributed by atoms with van der Waals surface area (Å²) < 4.78 is 10.7. The third-order valence-corrected chi connectivity index (χ3v) is 7.37. The van der Waals surface area contributed by atoms with E-state index in [0.29, 0.717) is 23.4 Å². The first-order valence-corrected chi connectivity index (χ1v) is 10.7. The number of hydrogen-bond acceptors (Lipinski definition) is 6. The summed E-state index contributed by atoms with van der Waals surface area (Å²) in [5, 5.41) is 12.9. The quantitative estimate of drug-likeness (QED) is 0.744. The molecule has 3 aliphatic rings. The van der Waals surface area contributed by atoms with E-state index in [1.54, 1.807) is 0 Å². The van der Waals surface area contributed by atoms with Crippen LogP contribution in [0.3, 0.4) is 0 Å². The number of esters is 1. The average molecular weight is 407 g/mol. The van der Waals surface area contributed by atoms with E-state index < -0.39 is 29.9 Å². The van der Waals surface area contributed by atoms with Crippen LogP contribution in [0.25, 0.3) is 0 Å². The number of methoxy groups -OCH3 is 1. The standard InChI is InChI=1S/C20H25NO6S/c1-26-20(25)14-10-6-4-2-3-5-7-13(10)28-18(14)21-17(22)15-11-8-9-12(27-11)16(15)19(23)24/h11-12,15-16H,2-9H2,1H3,(H,21,22)(H,23,24)/t11-,12+,15-,16-/m0/s1. The van der Waals surface area contributed by atoms with E-state index in [4.69, 9.17) is 9.47 Å². The Labute approximate surface area is 167 Å². The molecule has 4 atom stereocenters. The molecule has 2 aliphatic heterocycles. The fourth-order valence-corrected chi connectivity index (χ4v) is 6.13. The lowest BCUT2D eigenvalue weighted by Crippen LogP contribution is -2.41. The molecule has 2 saturated heterocycles. The number of aliphatic carboxylic acids is 1. The molecule has 152 valence electrons. The maximum Gasteiger partial charge on any atom is 0.341 e. The average Bonchev–Trinajstić information content (AvgIpc) is 3.34. The van der Waals surface area contributed by atoms with Gasteiger partial charge in [0.1, 0.15) is 5.00 Å². The van der Waals surface area contributed by atoms with E-state index in [0.717, 1.165) is 49.0 Å². The molecule has 0 unspecified atom stereocenters. The topological polar surface area (TPSA) is 102 Å². The number of fused-ring (bicyclic) bond motifs is 3. The van der Waals surface area contributed by atoms with Crippen molar-refractivity contribution in [3.8, 4) is 0 Å². The molecular weight excluding hydrogens is 382 g/mol. The van der Waals surface area contributed by atoms with Crippen molar-refractivity contribution in [3.05, 3.63) is 16.0 Å². The minimum absolute atomic E-state index is 0.367. The van der Waals surface area contributed by atoms with Gasteiger partial charge in [-0.3, -0.25) is 9.59 Å². The highest BCUT2D eigenvalue weighted by molar-refractivity contribution is 7.17. The number of ether oxygens (including phenoxy) is 2. The summed E-state index contributed by atoms with van der Waals surface area (Å²) in [5.74, 6) is -3.39. The number of carbonyl (C=O) groups is 3. The summed E-state index contributed by atoms with van der Waals surface area (Å²) in [6.07, 6.45) is 6.62. The zero-order chi connectivity index (χ0) is 19.8. The van der Waals surface area contributed by atoms with Crippen LogP contribution in [0, 0.1) is 11.8 Å². The van der Waals surface area contributed by atoms with Crippen LogP contribution in [0.2, 0.25) is 0 Å². The Bertz CT molecular complexity index is 803.